The van der Waals surface area contributed by atoms with Crippen molar-refractivity contribution in [3.05, 3.63) is 11.8 Å². The van der Waals surface area contributed by atoms with Gasteiger partial charge in [0.25, 0.3) is 5.91 Å². The average molecular weight is 238 g/mol. The zero-order chi connectivity index (χ0) is 12.3. The molecule has 0 aromatic carbocycles. The molecule has 0 aliphatic carbocycles. The maximum atomic E-state index is 11.8. The Kier molecular flexibility index (Phi) is 3.63. The predicted octanol–water partition coefficient (Wildman–Crippen LogP) is 0.159. The Labute approximate surface area is 100 Å². The number of aryl methyl sites for hydroxylation is 1. The van der Waals surface area contributed by atoms with Crippen LogP contribution in [0.3, 0.4) is 0 Å². The zero-order valence-electron chi connectivity index (χ0n) is 9.98. The number of carbonyl (C=O) groups is 1. The largest absolute Gasteiger partial charge is 0.383 e. The van der Waals surface area contributed by atoms with E-state index in [0.717, 1.165) is 26.1 Å². The van der Waals surface area contributed by atoms with E-state index in [9.17, 15) is 4.79 Å². The number of carbonyl (C=O) groups excluding carboxylic acids is 1. The number of hydrogen-bond acceptors (Lipinski definition) is 4. The quantitative estimate of drug-likeness (QED) is 0.785. The first-order valence-corrected chi connectivity index (χ1v) is 5.82. The Balaban J connectivity index is 1.86. The van der Waals surface area contributed by atoms with E-state index >= 15 is 0 Å². The molecule has 1 aliphatic rings. The monoisotopic (exact) mass is 238 g/mol. The van der Waals surface area contributed by atoms with Gasteiger partial charge in [-0.25, -0.2) is 0 Å². The van der Waals surface area contributed by atoms with E-state index < -0.39 is 0 Å². The fourth-order valence-electron chi connectivity index (χ4n) is 1.90. The van der Waals surface area contributed by atoms with Crippen LogP contribution < -0.4 is 11.1 Å². The van der Waals surface area contributed by atoms with Crippen molar-refractivity contribution in [1.82, 2.24) is 15.1 Å². The minimum Gasteiger partial charge on any atom is -0.383 e. The van der Waals surface area contributed by atoms with Gasteiger partial charge < -0.3 is 15.8 Å². The normalized spacial score (nSPS) is 17.0. The van der Waals surface area contributed by atoms with Crippen LogP contribution in [-0.4, -0.2) is 35.4 Å². The number of nitrogens with zero attached hydrogens (tertiary/aromatic N) is 2. The number of aromatic nitrogens is 2. The van der Waals surface area contributed by atoms with E-state index in [-0.39, 0.29) is 5.91 Å². The molecule has 6 heteroatoms. The van der Waals surface area contributed by atoms with E-state index in [0.29, 0.717) is 23.8 Å². The van der Waals surface area contributed by atoms with Crippen LogP contribution in [-0.2, 0) is 11.8 Å². The standard InChI is InChI=1S/C11H18N4O2/c1-15-10(12)9(7-14-15)11(16)13-6-8-2-4-17-5-3-8/h7-8H,2-6,12H2,1H3,(H,13,16). The molecule has 0 saturated carbocycles. The number of rotatable bonds is 3. The van der Waals surface area contributed by atoms with Gasteiger partial charge in [-0.2, -0.15) is 5.10 Å². The van der Waals surface area contributed by atoms with Crippen molar-refractivity contribution in [2.75, 3.05) is 25.5 Å². The predicted molar refractivity (Wildman–Crippen MR) is 63.5 cm³/mol. The number of ether oxygens (including phenoxy) is 1. The highest BCUT2D eigenvalue weighted by Gasteiger charge is 2.17. The van der Waals surface area contributed by atoms with Crippen LogP contribution in [0, 0.1) is 5.92 Å². The summed E-state index contributed by atoms with van der Waals surface area (Å²) in [4.78, 5) is 11.8. The van der Waals surface area contributed by atoms with Crippen LogP contribution in [0.15, 0.2) is 6.20 Å². The van der Waals surface area contributed by atoms with Crippen molar-refractivity contribution >= 4 is 11.7 Å². The second-order valence-corrected chi connectivity index (χ2v) is 4.33. The number of nitrogens with one attached hydrogen (secondary N) is 1. The first kappa shape index (κ1) is 11.9. The second kappa shape index (κ2) is 5.18. The molecular formula is C11H18N4O2. The second-order valence-electron chi connectivity index (χ2n) is 4.33. The summed E-state index contributed by atoms with van der Waals surface area (Å²) < 4.78 is 6.76. The molecule has 1 aromatic rings. The lowest BCUT2D eigenvalue weighted by molar-refractivity contribution is 0.0643. The minimum absolute atomic E-state index is 0.151. The number of anilines is 1. The average Bonchev–Trinajstić information content (AvgIpc) is 2.69. The van der Waals surface area contributed by atoms with Gasteiger partial charge in [0.15, 0.2) is 0 Å². The van der Waals surface area contributed by atoms with Gasteiger partial charge in [0.2, 0.25) is 0 Å². The van der Waals surface area contributed by atoms with Crippen LogP contribution in [0.2, 0.25) is 0 Å². The van der Waals surface area contributed by atoms with Crippen molar-refractivity contribution in [3.63, 3.8) is 0 Å². The lowest BCUT2D eigenvalue weighted by Gasteiger charge is -2.22. The molecule has 0 spiro atoms. The third-order valence-electron chi connectivity index (χ3n) is 3.12. The third-order valence-corrected chi connectivity index (χ3v) is 3.12. The number of nitrogen functional groups attached to an aromatic ring is 1. The Bertz CT molecular complexity index is 396. The van der Waals surface area contributed by atoms with Crippen LogP contribution >= 0.6 is 0 Å². The minimum atomic E-state index is -0.151. The Morgan fingerprint density at radius 3 is 2.94 bits per heavy atom. The third kappa shape index (κ3) is 2.76. The molecule has 1 aliphatic heterocycles. The molecule has 0 unspecified atom stereocenters. The maximum Gasteiger partial charge on any atom is 0.256 e. The topological polar surface area (TPSA) is 82.2 Å². The van der Waals surface area contributed by atoms with Crippen molar-refractivity contribution in [1.29, 1.82) is 0 Å². The van der Waals surface area contributed by atoms with Crippen molar-refractivity contribution < 1.29 is 9.53 Å². The van der Waals surface area contributed by atoms with E-state index in [1.165, 1.54) is 10.9 Å². The van der Waals surface area contributed by atoms with Gasteiger partial charge in [0, 0.05) is 26.8 Å². The highest BCUT2D eigenvalue weighted by atomic mass is 16.5. The van der Waals surface area contributed by atoms with E-state index in [4.69, 9.17) is 10.5 Å². The summed E-state index contributed by atoms with van der Waals surface area (Å²) in [5.41, 5.74) is 6.18. The summed E-state index contributed by atoms with van der Waals surface area (Å²) in [6, 6.07) is 0. The summed E-state index contributed by atoms with van der Waals surface area (Å²) in [6.07, 6.45) is 3.50. The van der Waals surface area contributed by atoms with Crippen molar-refractivity contribution in [2.24, 2.45) is 13.0 Å². The zero-order valence-corrected chi connectivity index (χ0v) is 9.98. The molecule has 17 heavy (non-hydrogen) atoms. The molecular weight excluding hydrogens is 220 g/mol. The van der Waals surface area contributed by atoms with E-state index in [2.05, 4.69) is 10.4 Å². The molecule has 1 saturated heterocycles. The van der Waals surface area contributed by atoms with Crippen LogP contribution in [0.5, 0.6) is 0 Å². The molecule has 6 nitrogen and oxygen atoms in total. The first-order chi connectivity index (χ1) is 8.18. The fourth-order valence-corrected chi connectivity index (χ4v) is 1.90. The van der Waals surface area contributed by atoms with E-state index in [1.54, 1.807) is 7.05 Å². The highest BCUT2D eigenvalue weighted by molar-refractivity contribution is 5.98. The summed E-state index contributed by atoms with van der Waals surface area (Å²) >= 11 is 0. The molecule has 1 aromatic heterocycles. The highest BCUT2D eigenvalue weighted by Crippen LogP contribution is 2.14. The van der Waals surface area contributed by atoms with Gasteiger partial charge >= 0.3 is 0 Å². The lowest BCUT2D eigenvalue weighted by atomic mass is 10.0. The van der Waals surface area contributed by atoms with Gasteiger partial charge in [0.05, 0.1) is 6.20 Å². The van der Waals surface area contributed by atoms with Gasteiger partial charge in [-0.05, 0) is 18.8 Å². The summed E-state index contributed by atoms with van der Waals surface area (Å²) in [6.45, 7) is 2.25. The summed E-state index contributed by atoms with van der Waals surface area (Å²) in [7, 11) is 1.71. The van der Waals surface area contributed by atoms with Gasteiger partial charge in [-0.1, -0.05) is 0 Å². The molecule has 0 atom stereocenters. The smallest absolute Gasteiger partial charge is 0.256 e. The molecule has 94 valence electrons. The molecule has 2 rings (SSSR count). The molecule has 1 amide bonds. The molecule has 3 N–H and O–H groups in total. The number of hydrogen-bond donors (Lipinski definition) is 2. The Morgan fingerprint density at radius 1 is 1.65 bits per heavy atom. The molecule has 0 radical (unpaired) electrons. The number of nitrogens with two attached hydrogens (primary N) is 1. The number of amides is 1. The van der Waals surface area contributed by atoms with Gasteiger partial charge in [-0.15, -0.1) is 0 Å². The lowest BCUT2D eigenvalue weighted by Crippen LogP contribution is -2.32. The van der Waals surface area contributed by atoms with E-state index in [1.807, 2.05) is 0 Å². The molecule has 2 heterocycles. The summed E-state index contributed by atoms with van der Waals surface area (Å²) in [5.74, 6) is 0.752. The fraction of sp³-hybridized carbons (Fsp3) is 0.636. The molecule has 1 fully saturated rings. The Morgan fingerprint density at radius 2 is 2.35 bits per heavy atom. The van der Waals surface area contributed by atoms with Gasteiger partial charge in [0.1, 0.15) is 11.4 Å². The summed E-state index contributed by atoms with van der Waals surface area (Å²) in [5, 5.41) is 6.84. The van der Waals surface area contributed by atoms with Crippen molar-refractivity contribution in [2.45, 2.75) is 12.8 Å². The van der Waals surface area contributed by atoms with Crippen LogP contribution in [0.4, 0.5) is 5.82 Å². The van der Waals surface area contributed by atoms with Crippen molar-refractivity contribution in [3.8, 4) is 0 Å². The van der Waals surface area contributed by atoms with Crippen LogP contribution in [0.1, 0.15) is 23.2 Å². The Hall–Kier alpha value is -1.56. The first-order valence-electron chi connectivity index (χ1n) is 5.82. The SMILES string of the molecule is Cn1ncc(C(=O)NCC2CCOCC2)c1N. The molecule has 0 bridgehead atoms. The maximum absolute atomic E-state index is 11.8. The van der Waals surface area contributed by atoms with Gasteiger partial charge in [-0.3, -0.25) is 9.48 Å². The van der Waals surface area contributed by atoms with Crippen LogP contribution in [0.25, 0.3) is 0 Å².